The third kappa shape index (κ3) is 8.28. The van der Waals surface area contributed by atoms with E-state index in [4.69, 9.17) is 0 Å². The molecule has 33 heavy (non-hydrogen) atoms. The molecule has 0 saturated heterocycles. The highest BCUT2D eigenvalue weighted by Gasteiger charge is 2.17. The average molecular weight is 470 g/mol. The lowest BCUT2D eigenvalue weighted by Crippen LogP contribution is -2.31. The predicted molar refractivity (Wildman–Crippen MR) is 148 cm³/mol. The summed E-state index contributed by atoms with van der Waals surface area (Å²) < 4.78 is 0. The second-order valence-electron chi connectivity index (χ2n) is 9.38. The molecule has 0 heterocycles. The molecule has 3 rings (SSSR count). The van der Waals surface area contributed by atoms with Gasteiger partial charge < -0.3 is 10.0 Å². The SMILES string of the molecule is CCCCCCCN(CCCCCCC)CC(O)c1cc2ccccc2c2ccccc12.Cl. The number of aliphatic hydroxyl groups excluding tert-OH is 1. The zero-order valence-corrected chi connectivity index (χ0v) is 21.6. The van der Waals surface area contributed by atoms with Gasteiger partial charge in [0.1, 0.15) is 0 Å². The van der Waals surface area contributed by atoms with Crippen molar-refractivity contribution in [3.63, 3.8) is 0 Å². The smallest absolute Gasteiger partial charge is 0.0923 e. The summed E-state index contributed by atoms with van der Waals surface area (Å²) in [6, 6.07) is 19.3. The van der Waals surface area contributed by atoms with Crippen molar-refractivity contribution in [2.75, 3.05) is 19.6 Å². The Kier molecular flexibility index (Phi) is 12.8. The molecule has 3 aromatic rings. The van der Waals surface area contributed by atoms with Crippen LogP contribution in [0.3, 0.4) is 0 Å². The Morgan fingerprint density at radius 2 is 1.18 bits per heavy atom. The van der Waals surface area contributed by atoms with Gasteiger partial charge in [0.05, 0.1) is 6.10 Å². The molecule has 0 saturated carbocycles. The molecule has 0 aliphatic rings. The minimum Gasteiger partial charge on any atom is -0.387 e. The number of hydrogen-bond acceptors (Lipinski definition) is 2. The lowest BCUT2D eigenvalue weighted by molar-refractivity contribution is 0.111. The monoisotopic (exact) mass is 469 g/mol. The molecule has 182 valence electrons. The summed E-state index contributed by atoms with van der Waals surface area (Å²) in [5.74, 6) is 0. The Morgan fingerprint density at radius 1 is 0.667 bits per heavy atom. The molecule has 0 aliphatic carbocycles. The quantitative estimate of drug-likeness (QED) is 0.178. The summed E-state index contributed by atoms with van der Waals surface area (Å²) in [5.41, 5.74) is 1.07. The minimum absolute atomic E-state index is 0. The maximum absolute atomic E-state index is 11.4. The van der Waals surface area contributed by atoms with Crippen LogP contribution in [0.15, 0.2) is 54.6 Å². The van der Waals surface area contributed by atoms with Gasteiger partial charge in [-0.15, -0.1) is 12.4 Å². The molecule has 0 radical (unpaired) electrons. The maximum atomic E-state index is 11.4. The molecular formula is C30H44ClNO. The first-order valence-electron chi connectivity index (χ1n) is 13.1. The van der Waals surface area contributed by atoms with Crippen molar-refractivity contribution in [2.45, 2.75) is 84.2 Å². The van der Waals surface area contributed by atoms with E-state index in [1.165, 1.54) is 85.8 Å². The van der Waals surface area contributed by atoms with Gasteiger partial charge in [-0.25, -0.2) is 0 Å². The van der Waals surface area contributed by atoms with Gasteiger partial charge in [0.15, 0.2) is 0 Å². The van der Waals surface area contributed by atoms with Gasteiger partial charge in [-0.1, -0.05) is 114 Å². The highest BCUT2D eigenvalue weighted by molar-refractivity contribution is 6.09. The molecule has 0 fully saturated rings. The lowest BCUT2D eigenvalue weighted by atomic mass is 9.94. The van der Waals surface area contributed by atoms with E-state index in [2.05, 4.69) is 73.3 Å². The van der Waals surface area contributed by atoms with E-state index < -0.39 is 6.10 Å². The van der Waals surface area contributed by atoms with Crippen LogP contribution in [-0.4, -0.2) is 29.6 Å². The Balaban J connectivity index is 0.00000385. The van der Waals surface area contributed by atoms with Gasteiger partial charge in [-0.05, 0) is 59.1 Å². The molecule has 0 spiro atoms. The highest BCUT2D eigenvalue weighted by Crippen LogP contribution is 2.32. The molecule has 1 N–H and O–H groups in total. The summed E-state index contributed by atoms with van der Waals surface area (Å²) in [6.07, 6.45) is 12.5. The number of unbranched alkanes of at least 4 members (excludes halogenated alkanes) is 8. The van der Waals surface area contributed by atoms with Crippen LogP contribution in [0.4, 0.5) is 0 Å². The second-order valence-corrected chi connectivity index (χ2v) is 9.38. The zero-order valence-electron chi connectivity index (χ0n) is 20.8. The van der Waals surface area contributed by atoms with Crippen LogP contribution in [0.5, 0.6) is 0 Å². The van der Waals surface area contributed by atoms with Crippen LogP contribution < -0.4 is 0 Å². The fraction of sp³-hybridized carbons (Fsp3) is 0.533. The molecule has 0 bridgehead atoms. The van der Waals surface area contributed by atoms with Gasteiger partial charge in [-0.3, -0.25) is 0 Å². The molecule has 0 aliphatic heterocycles. The topological polar surface area (TPSA) is 23.5 Å². The van der Waals surface area contributed by atoms with E-state index in [1.807, 2.05) is 0 Å². The number of aliphatic hydroxyl groups is 1. The lowest BCUT2D eigenvalue weighted by Gasteiger charge is -2.26. The van der Waals surface area contributed by atoms with Gasteiger partial charge in [0, 0.05) is 6.54 Å². The van der Waals surface area contributed by atoms with Crippen molar-refractivity contribution in [3.8, 4) is 0 Å². The Morgan fingerprint density at radius 3 is 1.79 bits per heavy atom. The van der Waals surface area contributed by atoms with E-state index in [9.17, 15) is 5.11 Å². The summed E-state index contributed by atoms with van der Waals surface area (Å²) in [6.45, 7) is 7.46. The standard InChI is InChI=1S/C30H43NO.ClH/c1-3-5-7-9-15-21-31(22-16-10-8-6-4-2)24-30(32)29-23-25-17-11-12-18-26(25)27-19-13-14-20-28(27)29;/h11-14,17-20,23,30,32H,3-10,15-16,21-22,24H2,1-2H3;1H. The fourth-order valence-electron chi connectivity index (χ4n) is 4.87. The van der Waals surface area contributed by atoms with Crippen molar-refractivity contribution in [1.82, 2.24) is 4.90 Å². The first kappa shape index (κ1) is 27.6. The highest BCUT2D eigenvalue weighted by atomic mass is 35.5. The van der Waals surface area contributed by atoms with Crippen LogP contribution in [0.1, 0.15) is 89.7 Å². The van der Waals surface area contributed by atoms with Gasteiger partial charge in [0.25, 0.3) is 0 Å². The van der Waals surface area contributed by atoms with Crippen LogP contribution in [-0.2, 0) is 0 Å². The maximum Gasteiger partial charge on any atom is 0.0923 e. The van der Waals surface area contributed by atoms with Crippen molar-refractivity contribution in [1.29, 1.82) is 0 Å². The van der Waals surface area contributed by atoms with E-state index >= 15 is 0 Å². The number of benzene rings is 3. The largest absolute Gasteiger partial charge is 0.387 e. The van der Waals surface area contributed by atoms with Crippen LogP contribution in [0.25, 0.3) is 21.5 Å². The van der Waals surface area contributed by atoms with E-state index in [1.54, 1.807) is 0 Å². The van der Waals surface area contributed by atoms with Crippen LogP contribution in [0, 0.1) is 0 Å². The van der Waals surface area contributed by atoms with Gasteiger partial charge in [0.2, 0.25) is 0 Å². The van der Waals surface area contributed by atoms with E-state index in [0.717, 1.165) is 25.2 Å². The normalized spacial score (nSPS) is 12.4. The molecule has 1 unspecified atom stereocenters. The first-order valence-corrected chi connectivity index (χ1v) is 13.1. The minimum atomic E-state index is -0.462. The van der Waals surface area contributed by atoms with Crippen LogP contribution in [0.2, 0.25) is 0 Å². The molecular weight excluding hydrogens is 426 g/mol. The number of rotatable bonds is 15. The molecule has 3 aromatic carbocycles. The predicted octanol–water partition coefficient (Wildman–Crippen LogP) is 8.69. The molecule has 1 atom stereocenters. The number of nitrogens with zero attached hydrogens (tertiary/aromatic N) is 1. The average Bonchev–Trinajstić information content (AvgIpc) is 2.83. The zero-order chi connectivity index (χ0) is 22.6. The molecule has 0 amide bonds. The summed E-state index contributed by atoms with van der Waals surface area (Å²) in [7, 11) is 0. The molecule has 2 nitrogen and oxygen atoms in total. The van der Waals surface area contributed by atoms with E-state index in [0.29, 0.717) is 0 Å². The number of fused-ring (bicyclic) bond motifs is 3. The summed E-state index contributed by atoms with van der Waals surface area (Å²) in [4.78, 5) is 2.52. The summed E-state index contributed by atoms with van der Waals surface area (Å²) in [5, 5.41) is 16.3. The van der Waals surface area contributed by atoms with Gasteiger partial charge >= 0.3 is 0 Å². The molecule has 0 aromatic heterocycles. The fourth-order valence-corrected chi connectivity index (χ4v) is 4.87. The second kappa shape index (κ2) is 15.3. The number of halogens is 1. The van der Waals surface area contributed by atoms with Crippen molar-refractivity contribution in [2.24, 2.45) is 0 Å². The number of hydrogen-bond donors (Lipinski definition) is 1. The van der Waals surface area contributed by atoms with E-state index in [-0.39, 0.29) is 12.4 Å². The third-order valence-electron chi connectivity index (χ3n) is 6.75. The van der Waals surface area contributed by atoms with Crippen molar-refractivity contribution >= 4 is 34.0 Å². The Bertz CT molecular complexity index is 927. The molecule has 3 heteroatoms. The summed E-state index contributed by atoms with van der Waals surface area (Å²) >= 11 is 0. The van der Waals surface area contributed by atoms with Crippen LogP contribution >= 0.6 is 12.4 Å². The Labute approximate surface area is 207 Å². The first-order chi connectivity index (χ1) is 15.7. The van der Waals surface area contributed by atoms with Crippen molar-refractivity contribution < 1.29 is 5.11 Å². The third-order valence-corrected chi connectivity index (χ3v) is 6.75. The van der Waals surface area contributed by atoms with Crippen molar-refractivity contribution in [3.05, 3.63) is 60.2 Å². The van der Waals surface area contributed by atoms with Gasteiger partial charge in [-0.2, -0.15) is 0 Å². The Hall–Kier alpha value is -1.61.